The molecule has 0 amide bonds. The molecule has 0 bridgehead atoms. The molecule has 28 heavy (non-hydrogen) atoms. The summed E-state index contributed by atoms with van der Waals surface area (Å²) >= 11 is 0.236. The van der Waals surface area contributed by atoms with Crippen LogP contribution in [0.2, 0.25) is 4.82 Å². The van der Waals surface area contributed by atoms with E-state index in [-0.39, 0.29) is 27.2 Å². The van der Waals surface area contributed by atoms with Gasteiger partial charge in [-0.3, -0.25) is 0 Å². The molecule has 2 aromatic carbocycles. The molecule has 4 rings (SSSR count). The molecule has 1 heterocycles. The van der Waals surface area contributed by atoms with Crippen molar-refractivity contribution >= 4 is 19.4 Å². The maximum atomic E-state index is 6.16. The number of ether oxygens (including phenoxy) is 4. The van der Waals surface area contributed by atoms with Crippen LogP contribution in [0.3, 0.4) is 0 Å². The summed E-state index contributed by atoms with van der Waals surface area (Å²) in [6, 6.07) is 15.0. The third-order valence-corrected chi connectivity index (χ3v) is 8.55. The number of benzene rings is 2. The van der Waals surface area contributed by atoms with E-state index in [1.807, 2.05) is 0 Å². The molecule has 3 atom stereocenters. The van der Waals surface area contributed by atoms with Gasteiger partial charge >= 0.3 is 174 Å². The fourth-order valence-corrected chi connectivity index (χ4v) is 7.42. The van der Waals surface area contributed by atoms with Crippen molar-refractivity contribution < 1.29 is 18.9 Å². The molecule has 150 valence electrons. The predicted molar refractivity (Wildman–Crippen MR) is 111 cm³/mol. The summed E-state index contributed by atoms with van der Waals surface area (Å²) in [5.74, 6) is 0.991. The van der Waals surface area contributed by atoms with Crippen molar-refractivity contribution in [2.75, 3.05) is 27.6 Å². The molecule has 5 heteroatoms. The van der Waals surface area contributed by atoms with E-state index in [2.05, 4.69) is 42.5 Å². The monoisotopic (exact) mass is 448 g/mol. The fraction of sp³-hybridized carbons (Fsp3) is 0.478. The van der Waals surface area contributed by atoms with Crippen molar-refractivity contribution in [2.24, 2.45) is 0 Å². The molecule has 1 fully saturated rings. The first kappa shape index (κ1) is 19.9. The van der Waals surface area contributed by atoms with E-state index in [1.54, 1.807) is 14.2 Å². The van der Waals surface area contributed by atoms with Gasteiger partial charge < -0.3 is 0 Å². The SMILES string of the molecule is COCO[C@H]1CCCc2ccc(OC)c([Se][C@H]3CCO[C@H]3c3ccccc3)c21. The Labute approximate surface area is 173 Å². The Balaban J connectivity index is 1.66. The van der Waals surface area contributed by atoms with Gasteiger partial charge in [-0.25, -0.2) is 0 Å². The molecule has 0 N–H and O–H groups in total. The third-order valence-electron chi connectivity index (χ3n) is 5.53. The minimum absolute atomic E-state index is 0.0909. The van der Waals surface area contributed by atoms with Gasteiger partial charge in [0.25, 0.3) is 0 Å². The average molecular weight is 447 g/mol. The topological polar surface area (TPSA) is 36.9 Å². The molecule has 1 aliphatic carbocycles. The Hall–Kier alpha value is -1.36. The summed E-state index contributed by atoms with van der Waals surface area (Å²) in [7, 11) is 3.45. The standard InChI is InChI=1S/C23H28O4Se/c1-24-15-27-18-10-6-9-16-11-12-19(25-2)23(21(16)18)28-20-13-14-26-22(20)17-7-4-3-5-8-17/h3-5,7-8,11-12,18,20,22H,6,9-10,13-15H2,1-2H3/t18-,20-,22-/m0/s1. The molecule has 1 saturated heterocycles. The van der Waals surface area contributed by atoms with Crippen molar-refractivity contribution in [1.29, 1.82) is 0 Å². The van der Waals surface area contributed by atoms with Crippen LogP contribution in [0.5, 0.6) is 5.75 Å². The number of aryl methyl sites for hydroxylation is 1. The van der Waals surface area contributed by atoms with Crippen molar-refractivity contribution in [3.05, 3.63) is 59.2 Å². The molecule has 1 aliphatic heterocycles. The summed E-state index contributed by atoms with van der Waals surface area (Å²) in [6.45, 7) is 1.15. The van der Waals surface area contributed by atoms with E-state index < -0.39 is 0 Å². The molecule has 0 aromatic heterocycles. The van der Waals surface area contributed by atoms with E-state index in [0.29, 0.717) is 11.6 Å². The van der Waals surface area contributed by atoms with Gasteiger partial charge in [-0.1, -0.05) is 0 Å². The molecule has 4 nitrogen and oxygen atoms in total. The first-order chi connectivity index (χ1) is 13.8. The van der Waals surface area contributed by atoms with Crippen molar-refractivity contribution in [3.63, 3.8) is 0 Å². The second-order valence-corrected chi connectivity index (χ2v) is 9.89. The van der Waals surface area contributed by atoms with Crippen LogP contribution in [0, 0.1) is 0 Å². The summed E-state index contributed by atoms with van der Waals surface area (Å²) in [6.07, 6.45) is 4.65. The summed E-state index contributed by atoms with van der Waals surface area (Å²) < 4.78 is 24.6. The minimum atomic E-state index is 0.0909. The fourth-order valence-electron chi connectivity index (χ4n) is 4.21. The van der Waals surface area contributed by atoms with Gasteiger partial charge in [-0.2, -0.15) is 0 Å². The molecule has 2 aromatic rings. The third kappa shape index (κ3) is 4.14. The molecule has 0 radical (unpaired) electrons. The van der Waals surface area contributed by atoms with Crippen LogP contribution in [0.4, 0.5) is 0 Å². The van der Waals surface area contributed by atoms with Gasteiger partial charge in [0.05, 0.1) is 0 Å². The van der Waals surface area contributed by atoms with E-state index in [0.717, 1.165) is 38.0 Å². The van der Waals surface area contributed by atoms with Crippen LogP contribution < -0.4 is 9.20 Å². The Morgan fingerprint density at radius 2 is 1.93 bits per heavy atom. The number of methoxy groups -OCH3 is 2. The number of hydrogen-bond acceptors (Lipinski definition) is 4. The van der Waals surface area contributed by atoms with Gasteiger partial charge in [0.2, 0.25) is 0 Å². The first-order valence-electron chi connectivity index (χ1n) is 9.95. The quantitative estimate of drug-likeness (QED) is 0.476. The molecular formula is C23H28O4Se. The maximum absolute atomic E-state index is 6.16. The van der Waals surface area contributed by atoms with Gasteiger partial charge in [0, 0.05) is 0 Å². The van der Waals surface area contributed by atoms with Crippen LogP contribution in [-0.4, -0.2) is 42.6 Å². The Bertz CT molecular complexity index is 780. The van der Waals surface area contributed by atoms with Crippen molar-refractivity contribution in [2.45, 2.75) is 42.7 Å². The van der Waals surface area contributed by atoms with Crippen molar-refractivity contribution in [3.8, 4) is 5.75 Å². The number of fused-ring (bicyclic) bond motifs is 1. The van der Waals surface area contributed by atoms with Gasteiger partial charge in [0.1, 0.15) is 0 Å². The summed E-state index contributed by atoms with van der Waals surface area (Å²) in [5.41, 5.74) is 4.03. The molecular weight excluding hydrogens is 419 g/mol. The normalized spacial score (nSPS) is 24.1. The van der Waals surface area contributed by atoms with Gasteiger partial charge in [-0.15, -0.1) is 0 Å². The Kier molecular flexibility index (Phi) is 6.71. The van der Waals surface area contributed by atoms with E-state index in [1.165, 1.54) is 21.2 Å². The van der Waals surface area contributed by atoms with Gasteiger partial charge in [-0.05, 0) is 0 Å². The average Bonchev–Trinajstić information content (AvgIpc) is 3.21. The molecule has 0 spiro atoms. The van der Waals surface area contributed by atoms with E-state index >= 15 is 0 Å². The second kappa shape index (κ2) is 9.42. The first-order valence-corrected chi connectivity index (χ1v) is 11.8. The zero-order valence-corrected chi connectivity index (χ0v) is 18.3. The number of hydrogen-bond donors (Lipinski definition) is 0. The zero-order valence-electron chi connectivity index (χ0n) is 16.6. The molecule has 0 unspecified atom stereocenters. The van der Waals surface area contributed by atoms with Crippen LogP contribution in [0.1, 0.15) is 48.2 Å². The second-order valence-electron chi connectivity index (χ2n) is 7.27. The zero-order chi connectivity index (χ0) is 19.3. The molecule has 2 aliphatic rings. The van der Waals surface area contributed by atoms with E-state index in [9.17, 15) is 0 Å². The van der Waals surface area contributed by atoms with Crippen LogP contribution in [0.15, 0.2) is 42.5 Å². The van der Waals surface area contributed by atoms with Crippen LogP contribution in [0.25, 0.3) is 0 Å². The van der Waals surface area contributed by atoms with Crippen LogP contribution in [-0.2, 0) is 20.6 Å². The predicted octanol–water partition coefficient (Wildman–Crippen LogP) is 3.97. The van der Waals surface area contributed by atoms with Gasteiger partial charge in [0.15, 0.2) is 0 Å². The van der Waals surface area contributed by atoms with Crippen molar-refractivity contribution in [1.82, 2.24) is 0 Å². The summed E-state index contributed by atoms with van der Waals surface area (Å²) in [4.78, 5) is 0.500. The number of rotatable bonds is 7. The Morgan fingerprint density at radius 1 is 1.07 bits per heavy atom. The van der Waals surface area contributed by atoms with E-state index in [4.69, 9.17) is 18.9 Å². The molecule has 0 saturated carbocycles. The Morgan fingerprint density at radius 3 is 2.71 bits per heavy atom. The van der Waals surface area contributed by atoms with Crippen LogP contribution >= 0.6 is 0 Å². The summed E-state index contributed by atoms with van der Waals surface area (Å²) in [5, 5.41) is 0.